The van der Waals surface area contributed by atoms with Crippen LogP contribution in [0.25, 0.3) is 0 Å². The number of aliphatic hydroxyl groups is 1. The molecule has 0 aromatic heterocycles. The smallest absolute Gasteiger partial charge is 0.118 e. The van der Waals surface area contributed by atoms with Crippen molar-refractivity contribution in [3.8, 4) is 5.75 Å². The molecule has 0 bridgehead atoms. The number of aliphatic hydroxyl groups excluding tert-OH is 1. The zero-order chi connectivity index (χ0) is 30.3. The van der Waals surface area contributed by atoms with Gasteiger partial charge in [0, 0.05) is 11.3 Å². The van der Waals surface area contributed by atoms with Crippen LogP contribution < -0.4 is 4.74 Å². The Morgan fingerprint density at radius 2 is 1.25 bits per heavy atom. The van der Waals surface area contributed by atoms with Gasteiger partial charge in [0.25, 0.3) is 0 Å². The van der Waals surface area contributed by atoms with Crippen molar-refractivity contribution in [3.05, 3.63) is 102 Å². The van der Waals surface area contributed by atoms with Crippen LogP contribution in [0.3, 0.4) is 0 Å². The van der Waals surface area contributed by atoms with Gasteiger partial charge in [0.15, 0.2) is 0 Å². The summed E-state index contributed by atoms with van der Waals surface area (Å²) in [7, 11) is 1.66. The minimum Gasteiger partial charge on any atom is -0.497 e. The van der Waals surface area contributed by atoms with Crippen LogP contribution in [0.1, 0.15) is 43.9 Å². The van der Waals surface area contributed by atoms with E-state index >= 15 is 0 Å². The second-order valence-electron chi connectivity index (χ2n) is 14.3. The molecule has 0 amide bonds. The molecule has 44 heavy (non-hydrogen) atoms. The summed E-state index contributed by atoms with van der Waals surface area (Å²) >= 11 is 0. The van der Waals surface area contributed by atoms with Crippen LogP contribution in [0.15, 0.2) is 84.9 Å². The normalized spacial score (nSPS) is 42.3. The third-order valence-electron chi connectivity index (χ3n) is 12.4. The van der Waals surface area contributed by atoms with Crippen molar-refractivity contribution in [1.82, 2.24) is 0 Å². The van der Waals surface area contributed by atoms with Gasteiger partial charge in [-0.3, -0.25) is 0 Å². The van der Waals surface area contributed by atoms with E-state index in [-0.39, 0.29) is 23.0 Å². The minimum absolute atomic E-state index is 0.117. The van der Waals surface area contributed by atoms with Gasteiger partial charge in [-0.25, -0.2) is 0 Å². The first-order chi connectivity index (χ1) is 21.3. The zero-order valence-electron chi connectivity index (χ0n) is 26.1. The van der Waals surface area contributed by atoms with Gasteiger partial charge in [-0.15, -0.1) is 0 Å². The third kappa shape index (κ3) is 3.97. The van der Waals surface area contributed by atoms with Crippen molar-refractivity contribution in [3.63, 3.8) is 0 Å². The van der Waals surface area contributed by atoms with E-state index < -0.39 is 24.4 Å². The van der Waals surface area contributed by atoms with Gasteiger partial charge in [-0.2, -0.15) is 0 Å². The summed E-state index contributed by atoms with van der Waals surface area (Å²) in [6.07, 6.45) is -1.55. The Morgan fingerprint density at radius 3 is 1.75 bits per heavy atom. The molecule has 1 N–H and O–H groups in total. The molecular weight excluding hydrogens is 552 g/mol. The molecule has 12 unspecified atom stereocenters. The molecule has 0 saturated heterocycles. The first-order valence-corrected chi connectivity index (χ1v) is 16.2. The molecule has 232 valence electrons. The van der Waals surface area contributed by atoms with Crippen LogP contribution in [0.5, 0.6) is 5.75 Å². The lowest BCUT2D eigenvalue weighted by Gasteiger charge is -2.70. The van der Waals surface area contributed by atoms with Gasteiger partial charge >= 0.3 is 0 Å². The molecule has 6 nitrogen and oxygen atoms in total. The summed E-state index contributed by atoms with van der Waals surface area (Å²) in [6.45, 7) is 8.04. The largest absolute Gasteiger partial charge is 0.497 e. The first kappa shape index (κ1) is 28.7. The monoisotopic (exact) mass is 596 g/mol. The highest BCUT2D eigenvalue weighted by Gasteiger charge is 3.10. The molecule has 3 aromatic rings. The highest BCUT2D eigenvalue weighted by Crippen LogP contribution is 3.11. The zero-order valence-corrected chi connectivity index (χ0v) is 26.1. The lowest BCUT2D eigenvalue weighted by Crippen LogP contribution is -2.74. The maximum absolute atomic E-state index is 12.2. The van der Waals surface area contributed by atoms with E-state index in [1.807, 2.05) is 72.8 Å². The molecule has 6 heteroatoms. The van der Waals surface area contributed by atoms with Gasteiger partial charge in [0.2, 0.25) is 0 Å². The maximum atomic E-state index is 12.2. The molecule has 5 saturated carbocycles. The van der Waals surface area contributed by atoms with E-state index in [1.165, 1.54) is 6.42 Å². The minimum atomic E-state index is -0.867. The first-order valence-electron chi connectivity index (χ1n) is 16.2. The van der Waals surface area contributed by atoms with Crippen LogP contribution in [0.4, 0.5) is 0 Å². The van der Waals surface area contributed by atoms with Gasteiger partial charge in [-0.05, 0) is 65.3 Å². The van der Waals surface area contributed by atoms with E-state index in [4.69, 9.17) is 23.7 Å². The summed E-state index contributed by atoms with van der Waals surface area (Å²) < 4.78 is 32.6. The maximum Gasteiger partial charge on any atom is 0.118 e. The number of methoxy groups -OCH3 is 1. The average Bonchev–Trinajstić information content (AvgIpc) is 3.92. The Bertz CT molecular complexity index is 1420. The Kier molecular flexibility index (Phi) is 6.78. The summed E-state index contributed by atoms with van der Waals surface area (Å²) in [4.78, 5) is 0. The number of hydrogen-bond acceptors (Lipinski definition) is 6. The Labute approximate surface area is 260 Å². The van der Waals surface area contributed by atoms with Crippen LogP contribution in [0, 0.1) is 34.5 Å². The standard InChI is InChI=1S/C38H44O6/c1-23-31(44-37(3)35-29-28-19-36(37,2)38(28,29)35)30(39)33(42-21-25-13-9-6-10-14-25)34(32(23)41-20-24-11-7-5-8-12-24)43-22-26-15-17-27(40-4)18-16-26/h5-18,23,28-35,39H,19-22H2,1-4H3. The highest BCUT2D eigenvalue weighted by molar-refractivity contribution is 5.57. The van der Waals surface area contributed by atoms with Gasteiger partial charge < -0.3 is 28.8 Å². The lowest BCUT2D eigenvalue weighted by atomic mass is 9.39. The van der Waals surface area contributed by atoms with Crippen molar-refractivity contribution in [1.29, 1.82) is 0 Å². The predicted molar refractivity (Wildman–Crippen MR) is 166 cm³/mol. The number of rotatable bonds is 12. The van der Waals surface area contributed by atoms with Crippen molar-refractivity contribution < 1.29 is 28.8 Å². The van der Waals surface area contributed by atoms with E-state index in [9.17, 15) is 5.11 Å². The fourth-order valence-electron chi connectivity index (χ4n) is 10.00. The fraction of sp³-hybridized carbons (Fsp3) is 0.526. The van der Waals surface area contributed by atoms with Crippen LogP contribution in [0.2, 0.25) is 0 Å². The van der Waals surface area contributed by atoms with Crippen LogP contribution >= 0.6 is 0 Å². The summed E-state index contributed by atoms with van der Waals surface area (Å²) in [6, 6.07) is 28.2. The average molecular weight is 597 g/mol. The van der Waals surface area contributed by atoms with Gasteiger partial charge in [0.1, 0.15) is 24.1 Å². The second kappa shape index (κ2) is 10.4. The SMILES string of the molecule is COc1ccc(COC2C(OCc3ccccc3)C(C)C(OC3(C)C4C5C6CC3(C)C654)C(O)C2OCc2ccccc2)cc1. The molecule has 0 radical (unpaired) electrons. The summed E-state index contributed by atoms with van der Waals surface area (Å²) in [5, 5.41) is 12.2. The summed E-state index contributed by atoms with van der Waals surface area (Å²) in [5.41, 5.74) is 3.70. The Morgan fingerprint density at radius 1 is 0.705 bits per heavy atom. The van der Waals surface area contributed by atoms with E-state index in [0.717, 1.165) is 34.3 Å². The molecule has 5 fully saturated rings. The summed E-state index contributed by atoms with van der Waals surface area (Å²) in [5.74, 6) is 3.09. The molecule has 0 heterocycles. The number of fused-ring (bicyclic) bond motifs is 2. The van der Waals surface area contributed by atoms with E-state index in [0.29, 0.717) is 31.2 Å². The topological polar surface area (TPSA) is 66.4 Å². The van der Waals surface area contributed by atoms with Gasteiger partial charge in [0.05, 0.1) is 44.7 Å². The molecule has 1 spiro atoms. The highest BCUT2D eigenvalue weighted by atomic mass is 16.6. The van der Waals surface area contributed by atoms with E-state index in [1.54, 1.807) is 7.11 Å². The quantitative estimate of drug-likeness (QED) is 0.269. The lowest BCUT2D eigenvalue weighted by molar-refractivity contribution is -0.343. The predicted octanol–water partition coefficient (Wildman–Crippen LogP) is 6.19. The van der Waals surface area contributed by atoms with Crippen molar-refractivity contribution in [2.24, 2.45) is 34.5 Å². The van der Waals surface area contributed by atoms with Crippen molar-refractivity contribution in [2.75, 3.05) is 7.11 Å². The van der Waals surface area contributed by atoms with Crippen molar-refractivity contribution in [2.45, 2.75) is 83.1 Å². The number of hydrogen-bond donors (Lipinski definition) is 1. The molecule has 8 rings (SSSR count). The third-order valence-corrected chi connectivity index (χ3v) is 12.4. The number of ether oxygens (including phenoxy) is 5. The second-order valence-corrected chi connectivity index (χ2v) is 14.3. The van der Waals surface area contributed by atoms with Gasteiger partial charge in [-0.1, -0.05) is 86.6 Å². The molecule has 5 aliphatic carbocycles. The van der Waals surface area contributed by atoms with Crippen molar-refractivity contribution >= 4 is 0 Å². The Balaban J connectivity index is 1.08. The molecule has 0 aliphatic heterocycles. The molecular formula is C38H44O6. The van der Waals surface area contributed by atoms with E-state index in [2.05, 4.69) is 32.9 Å². The van der Waals surface area contributed by atoms with Crippen LogP contribution in [-0.4, -0.2) is 48.3 Å². The molecule has 5 aliphatic rings. The van der Waals surface area contributed by atoms with Crippen LogP contribution in [-0.2, 0) is 38.8 Å². The number of benzene rings is 3. The Hall–Kier alpha value is -2.74. The molecule has 3 aromatic carbocycles. The fourth-order valence-corrected chi connectivity index (χ4v) is 10.00. The molecule has 12 atom stereocenters.